The number of fused-ring (bicyclic) bond motifs is 1. The number of hydrogen-bond donors (Lipinski definition) is 2. The fourth-order valence-corrected chi connectivity index (χ4v) is 4.91. The molecule has 0 atom stereocenters. The lowest BCUT2D eigenvalue weighted by Crippen LogP contribution is -2.13. The largest absolute Gasteiger partial charge is 0.395 e. The van der Waals surface area contributed by atoms with Gasteiger partial charge in [0, 0.05) is 17.1 Å². The lowest BCUT2D eigenvalue weighted by atomic mass is 10.2. The second kappa shape index (κ2) is 7.53. The molecule has 0 amide bonds. The highest BCUT2D eigenvalue weighted by atomic mass is 32.2. The van der Waals surface area contributed by atoms with Crippen LogP contribution in [-0.2, 0) is 19.9 Å². The molecule has 0 aliphatic heterocycles. The number of nitrogens with zero attached hydrogens (tertiary/aromatic N) is 2. The summed E-state index contributed by atoms with van der Waals surface area (Å²) in [5.41, 5.74) is 1.08. The Morgan fingerprint density at radius 1 is 1.04 bits per heavy atom. The highest BCUT2D eigenvalue weighted by Gasteiger charge is 2.18. The van der Waals surface area contributed by atoms with Gasteiger partial charge in [-0.3, -0.25) is 9.40 Å². The first kappa shape index (κ1) is 20.3. The minimum Gasteiger partial charge on any atom is -0.395 e. The van der Waals surface area contributed by atoms with Gasteiger partial charge in [-0.1, -0.05) is 0 Å². The second-order valence-corrected chi connectivity index (χ2v) is 10.4. The molecule has 0 radical (unpaired) electrons. The second-order valence-electron chi connectivity index (χ2n) is 6.58. The van der Waals surface area contributed by atoms with E-state index >= 15 is 0 Å². The zero-order chi connectivity index (χ0) is 20.5. The summed E-state index contributed by atoms with van der Waals surface area (Å²) in [5, 5.41) is 13.8. The van der Waals surface area contributed by atoms with E-state index in [9.17, 15) is 16.8 Å². The Balaban J connectivity index is 1.87. The number of anilines is 1. The third-order valence-electron chi connectivity index (χ3n) is 4.19. The average Bonchev–Trinajstić information content (AvgIpc) is 3.05. The first-order valence-corrected chi connectivity index (χ1v) is 11.7. The van der Waals surface area contributed by atoms with Gasteiger partial charge in [-0.2, -0.15) is 5.10 Å². The lowest BCUT2D eigenvalue weighted by Gasteiger charge is -2.10. The topological polar surface area (TPSA) is 118 Å². The van der Waals surface area contributed by atoms with Gasteiger partial charge in [0.1, 0.15) is 0 Å². The quantitative estimate of drug-likeness (QED) is 0.601. The number of sulfonamides is 1. The van der Waals surface area contributed by atoms with Crippen LogP contribution in [0.1, 0.15) is 19.9 Å². The number of sulfone groups is 1. The standard InChI is InChI=1S/C18H21N3O5S2/c1-13(2)21-18-8-7-17(11-14(18)12-19-21)28(25,26)20-15-3-5-16(6-4-15)27(23,24)10-9-22/h3-8,11-13,20,22H,9-10H2,1-2H3. The Bertz CT molecular complexity index is 1200. The van der Waals surface area contributed by atoms with E-state index in [2.05, 4.69) is 9.82 Å². The maximum absolute atomic E-state index is 12.7. The zero-order valence-corrected chi connectivity index (χ0v) is 17.0. The number of aliphatic hydroxyl groups excluding tert-OH is 1. The van der Waals surface area contributed by atoms with Gasteiger partial charge in [-0.05, 0) is 56.3 Å². The minimum absolute atomic E-state index is 0.0204. The summed E-state index contributed by atoms with van der Waals surface area (Å²) in [6.45, 7) is 3.50. The lowest BCUT2D eigenvalue weighted by molar-refractivity contribution is 0.319. The van der Waals surface area contributed by atoms with Crippen molar-refractivity contribution < 1.29 is 21.9 Å². The molecule has 150 valence electrons. The van der Waals surface area contributed by atoms with Crippen LogP contribution in [0.5, 0.6) is 0 Å². The molecule has 0 fully saturated rings. The molecule has 1 heterocycles. The minimum atomic E-state index is -3.85. The van der Waals surface area contributed by atoms with Gasteiger partial charge in [0.2, 0.25) is 0 Å². The molecular formula is C18H21N3O5S2. The van der Waals surface area contributed by atoms with Crippen molar-refractivity contribution in [3.05, 3.63) is 48.7 Å². The van der Waals surface area contributed by atoms with Gasteiger partial charge < -0.3 is 5.11 Å². The van der Waals surface area contributed by atoms with Crippen LogP contribution >= 0.6 is 0 Å². The molecule has 0 spiro atoms. The van der Waals surface area contributed by atoms with Crippen LogP contribution in [0.4, 0.5) is 5.69 Å². The third kappa shape index (κ3) is 4.03. The summed E-state index contributed by atoms with van der Waals surface area (Å²) >= 11 is 0. The van der Waals surface area contributed by atoms with E-state index in [0.717, 1.165) is 5.52 Å². The van der Waals surface area contributed by atoms with Crippen LogP contribution in [0.2, 0.25) is 0 Å². The Morgan fingerprint density at radius 2 is 1.68 bits per heavy atom. The Kier molecular flexibility index (Phi) is 5.46. The molecular weight excluding hydrogens is 402 g/mol. The van der Waals surface area contributed by atoms with E-state index in [4.69, 9.17) is 5.11 Å². The summed E-state index contributed by atoms with van der Waals surface area (Å²) in [5.74, 6) is -0.387. The van der Waals surface area contributed by atoms with Crippen LogP contribution in [0.25, 0.3) is 10.9 Å². The number of benzene rings is 2. The molecule has 10 heteroatoms. The van der Waals surface area contributed by atoms with Crippen LogP contribution in [0, 0.1) is 0 Å². The van der Waals surface area contributed by atoms with Crippen LogP contribution in [0.15, 0.2) is 58.5 Å². The Morgan fingerprint density at radius 3 is 2.29 bits per heavy atom. The number of nitrogens with one attached hydrogen (secondary N) is 1. The van der Waals surface area contributed by atoms with E-state index in [1.54, 1.807) is 18.3 Å². The molecule has 2 N–H and O–H groups in total. The predicted octanol–water partition coefficient (Wildman–Crippen LogP) is 2.18. The van der Waals surface area contributed by atoms with Crippen molar-refractivity contribution in [2.24, 2.45) is 0 Å². The summed E-state index contributed by atoms with van der Waals surface area (Å²) in [6.07, 6.45) is 1.62. The summed E-state index contributed by atoms with van der Waals surface area (Å²) in [4.78, 5) is 0.104. The average molecular weight is 424 g/mol. The third-order valence-corrected chi connectivity index (χ3v) is 7.28. The van der Waals surface area contributed by atoms with Gasteiger partial charge in [-0.15, -0.1) is 0 Å². The summed E-state index contributed by atoms with van der Waals surface area (Å²) in [7, 11) is -7.44. The zero-order valence-electron chi connectivity index (χ0n) is 15.4. The van der Waals surface area contributed by atoms with Gasteiger partial charge in [0.05, 0.1) is 33.9 Å². The van der Waals surface area contributed by atoms with Crippen LogP contribution in [-0.4, -0.2) is 44.1 Å². The Labute approximate surface area is 163 Å². The highest BCUT2D eigenvalue weighted by molar-refractivity contribution is 7.92. The normalized spacial score (nSPS) is 12.6. The first-order valence-electron chi connectivity index (χ1n) is 8.58. The molecule has 0 aliphatic carbocycles. The van der Waals surface area contributed by atoms with Crippen molar-refractivity contribution in [1.29, 1.82) is 0 Å². The van der Waals surface area contributed by atoms with E-state index in [-0.39, 0.29) is 27.3 Å². The highest BCUT2D eigenvalue weighted by Crippen LogP contribution is 2.24. The number of hydrogen-bond acceptors (Lipinski definition) is 6. The van der Waals surface area contributed by atoms with E-state index in [1.165, 1.54) is 30.3 Å². The van der Waals surface area contributed by atoms with Crippen molar-refractivity contribution in [2.75, 3.05) is 17.1 Å². The fraction of sp³-hybridized carbons (Fsp3) is 0.278. The van der Waals surface area contributed by atoms with Crippen molar-refractivity contribution in [2.45, 2.75) is 29.7 Å². The number of rotatable bonds is 7. The van der Waals surface area contributed by atoms with E-state index < -0.39 is 26.5 Å². The molecule has 0 unspecified atom stereocenters. The first-order chi connectivity index (χ1) is 13.1. The molecule has 2 aromatic carbocycles. The van der Waals surface area contributed by atoms with E-state index in [0.29, 0.717) is 5.39 Å². The molecule has 8 nitrogen and oxygen atoms in total. The van der Waals surface area contributed by atoms with Crippen molar-refractivity contribution in [1.82, 2.24) is 9.78 Å². The van der Waals surface area contributed by atoms with Crippen LogP contribution in [0.3, 0.4) is 0 Å². The number of aliphatic hydroxyl groups is 1. The molecule has 1 aromatic heterocycles. The predicted molar refractivity (Wildman–Crippen MR) is 107 cm³/mol. The Hall–Kier alpha value is -2.43. The van der Waals surface area contributed by atoms with Gasteiger partial charge in [-0.25, -0.2) is 16.8 Å². The molecule has 3 rings (SSSR count). The fourth-order valence-electron chi connectivity index (χ4n) is 2.79. The molecule has 28 heavy (non-hydrogen) atoms. The number of aromatic nitrogens is 2. The monoisotopic (exact) mass is 423 g/mol. The smallest absolute Gasteiger partial charge is 0.261 e. The molecule has 0 saturated carbocycles. The van der Waals surface area contributed by atoms with Gasteiger partial charge >= 0.3 is 0 Å². The summed E-state index contributed by atoms with van der Waals surface area (Å²) < 4.78 is 53.4. The van der Waals surface area contributed by atoms with E-state index in [1.807, 2.05) is 18.5 Å². The molecule has 0 saturated heterocycles. The van der Waals surface area contributed by atoms with Gasteiger partial charge in [0.25, 0.3) is 10.0 Å². The van der Waals surface area contributed by atoms with Gasteiger partial charge in [0.15, 0.2) is 9.84 Å². The van der Waals surface area contributed by atoms with Crippen molar-refractivity contribution in [3.8, 4) is 0 Å². The van der Waals surface area contributed by atoms with Crippen molar-refractivity contribution in [3.63, 3.8) is 0 Å². The summed E-state index contributed by atoms with van der Waals surface area (Å²) in [6, 6.07) is 10.3. The SMILES string of the molecule is CC(C)n1ncc2cc(S(=O)(=O)Nc3ccc(S(=O)(=O)CCO)cc3)ccc21. The molecule has 3 aromatic rings. The maximum atomic E-state index is 12.7. The maximum Gasteiger partial charge on any atom is 0.261 e. The van der Waals surface area contributed by atoms with Crippen molar-refractivity contribution >= 4 is 36.5 Å². The van der Waals surface area contributed by atoms with Crippen LogP contribution < -0.4 is 4.72 Å². The molecule has 0 aliphatic rings. The molecule has 0 bridgehead atoms.